The fourth-order valence-corrected chi connectivity index (χ4v) is 4.29. The van der Waals surface area contributed by atoms with Crippen molar-refractivity contribution in [1.82, 2.24) is 20.3 Å². The van der Waals surface area contributed by atoms with E-state index in [1.54, 1.807) is 17.5 Å². The van der Waals surface area contributed by atoms with E-state index in [4.69, 9.17) is 0 Å². The smallest absolute Gasteiger partial charge is 0.251 e. The molecule has 30 heavy (non-hydrogen) atoms. The maximum atomic E-state index is 12.4. The van der Waals surface area contributed by atoms with Gasteiger partial charge in [0.1, 0.15) is 16.5 Å². The van der Waals surface area contributed by atoms with E-state index in [1.165, 1.54) is 10.4 Å². The van der Waals surface area contributed by atoms with Crippen molar-refractivity contribution >= 4 is 33.3 Å². The molecule has 3 aromatic heterocycles. The molecule has 7 heteroatoms. The number of thiophene rings is 1. The number of aromatic nitrogens is 3. The molecule has 0 saturated heterocycles. The average Bonchev–Trinajstić information content (AvgIpc) is 3.04. The van der Waals surface area contributed by atoms with E-state index in [9.17, 15) is 4.79 Å². The topological polar surface area (TPSA) is 79.8 Å². The molecule has 0 atom stereocenters. The van der Waals surface area contributed by atoms with Gasteiger partial charge < -0.3 is 10.6 Å². The van der Waals surface area contributed by atoms with Gasteiger partial charge in [0.2, 0.25) is 0 Å². The summed E-state index contributed by atoms with van der Waals surface area (Å²) in [6.45, 7) is 7.16. The lowest BCUT2D eigenvalue weighted by Crippen LogP contribution is -2.23. The lowest BCUT2D eigenvalue weighted by Gasteiger charge is -2.10. The molecule has 0 spiro atoms. The predicted octanol–water partition coefficient (Wildman–Crippen LogP) is 4.55. The lowest BCUT2D eigenvalue weighted by atomic mass is 10.1. The van der Waals surface area contributed by atoms with Crippen molar-refractivity contribution in [3.05, 3.63) is 81.7 Å². The Balaban J connectivity index is 1.42. The number of nitrogens with zero attached hydrogens (tertiary/aromatic N) is 3. The van der Waals surface area contributed by atoms with E-state index in [-0.39, 0.29) is 5.91 Å². The third-order valence-corrected chi connectivity index (χ3v) is 6.07. The van der Waals surface area contributed by atoms with Gasteiger partial charge in [-0.2, -0.15) is 0 Å². The molecule has 0 fully saturated rings. The third-order valence-electron chi connectivity index (χ3n) is 4.97. The van der Waals surface area contributed by atoms with E-state index in [0.717, 1.165) is 33.1 Å². The number of hydrogen-bond donors (Lipinski definition) is 2. The van der Waals surface area contributed by atoms with Crippen molar-refractivity contribution in [3.63, 3.8) is 0 Å². The van der Waals surface area contributed by atoms with E-state index in [1.807, 2.05) is 49.4 Å². The third kappa shape index (κ3) is 4.31. The quantitative estimate of drug-likeness (QED) is 0.481. The highest BCUT2D eigenvalue weighted by atomic mass is 32.1. The molecule has 6 nitrogen and oxygen atoms in total. The zero-order valence-electron chi connectivity index (χ0n) is 17.2. The van der Waals surface area contributed by atoms with Crippen LogP contribution in [0.3, 0.4) is 0 Å². The highest BCUT2D eigenvalue weighted by molar-refractivity contribution is 7.18. The zero-order chi connectivity index (χ0) is 21.1. The van der Waals surface area contributed by atoms with Gasteiger partial charge in [-0.3, -0.25) is 9.78 Å². The molecular weight excluding hydrogens is 394 g/mol. The van der Waals surface area contributed by atoms with Crippen LogP contribution in [0.4, 0.5) is 5.82 Å². The summed E-state index contributed by atoms with van der Waals surface area (Å²) in [5.41, 5.74) is 3.75. The molecule has 0 aliphatic rings. The number of anilines is 1. The minimum atomic E-state index is -0.113. The molecule has 0 aliphatic carbocycles. The first-order valence-electron chi connectivity index (χ1n) is 9.76. The Kier molecular flexibility index (Phi) is 5.72. The van der Waals surface area contributed by atoms with Crippen molar-refractivity contribution in [3.8, 4) is 0 Å². The largest absolute Gasteiger partial charge is 0.365 e. The highest BCUT2D eigenvalue weighted by Gasteiger charge is 2.13. The standard InChI is InChI=1S/C23H23N5OS/c1-14-15(2)30-23-20(14)21(27-16(3)28-23)25-12-17-7-9-18(10-8-17)22(29)26-13-19-6-4-5-11-24-19/h4-11H,12-13H2,1-3H3,(H,26,29)(H,25,27,28). The number of nitrogens with one attached hydrogen (secondary N) is 2. The van der Waals surface area contributed by atoms with E-state index >= 15 is 0 Å². The summed E-state index contributed by atoms with van der Waals surface area (Å²) >= 11 is 1.70. The zero-order valence-corrected chi connectivity index (χ0v) is 18.0. The van der Waals surface area contributed by atoms with Gasteiger partial charge in [-0.15, -0.1) is 11.3 Å². The Morgan fingerprint density at radius 3 is 2.53 bits per heavy atom. The molecule has 4 aromatic rings. The van der Waals surface area contributed by atoms with Gasteiger partial charge >= 0.3 is 0 Å². The number of hydrogen-bond acceptors (Lipinski definition) is 6. The van der Waals surface area contributed by atoms with Crippen LogP contribution in [-0.2, 0) is 13.1 Å². The van der Waals surface area contributed by atoms with Crippen LogP contribution in [0.25, 0.3) is 10.2 Å². The molecule has 1 aromatic carbocycles. The number of fused-ring (bicyclic) bond motifs is 1. The fourth-order valence-electron chi connectivity index (χ4n) is 3.22. The van der Waals surface area contributed by atoms with Crippen LogP contribution in [0.5, 0.6) is 0 Å². The van der Waals surface area contributed by atoms with Crippen molar-refractivity contribution in [1.29, 1.82) is 0 Å². The van der Waals surface area contributed by atoms with Crippen LogP contribution in [0.1, 0.15) is 37.9 Å². The second kappa shape index (κ2) is 8.59. The maximum Gasteiger partial charge on any atom is 0.251 e. The fraction of sp³-hybridized carbons (Fsp3) is 0.217. The predicted molar refractivity (Wildman–Crippen MR) is 121 cm³/mol. The first-order valence-corrected chi connectivity index (χ1v) is 10.6. The Morgan fingerprint density at radius 2 is 1.80 bits per heavy atom. The highest BCUT2D eigenvalue weighted by Crippen LogP contribution is 2.33. The number of pyridine rings is 1. The summed E-state index contributed by atoms with van der Waals surface area (Å²) in [5, 5.41) is 7.43. The minimum Gasteiger partial charge on any atom is -0.365 e. The van der Waals surface area contributed by atoms with Gasteiger partial charge in [0.05, 0.1) is 17.6 Å². The summed E-state index contributed by atoms with van der Waals surface area (Å²) in [6, 6.07) is 13.2. The first-order chi connectivity index (χ1) is 14.5. The first kappa shape index (κ1) is 20.0. The molecule has 0 radical (unpaired) electrons. The van der Waals surface area contributed by atoms with Gasteiger partial charge in [0, 0.05) is 23.2 Å². The molecule has 152 valence electrons. The summed E-state index contributed by atoms with van der Waals surface area (Å²) in [6.07, 6.45) is 1.72. The summed E-state index contributed by atoms with van der Waals surface area (Å²) in [5.74, 6) is 1.50. The minimum absolute atomic E-state index is 0.113. The molecule has 0 saturated carbocycles. The van der Waals surface area contributed by atoms with Gasteiger partial charge in [-0.05, 0) is 56.2 Å². The second-order valence-electron chi connectivity index (χ2n) is 7.14. The number of aryl methyl sites for hydroxylation is 3. The molecular formula is C23H23N5OS. The van der Waals surface area contributed by atoms with Crippen LogP contribution >= 0.6 is 11.3 Å². The Hall–Kier alpha value is -3.32. The molecule has 1 amide bonds. The van der Waals surface area contributed by atoms with Crippen LogP contribution < -0.4 is 10.6 Å². The van der Waals surface area contributed by atoms with Gasteiger partial charge in [-0.1, -0.05) is 18.2 Å². The Bertz CT molecular complexity index is 1190. The molecule has 4 rings (SSSR count). The molecule has 0 bridgehead atoms. The van der Waals surface area contributed by atoms with E-state index < -0.39 is 0 Å². The lowest BCUT2D eigenvalue weighted by molar-refractivity contribution is 0.0950. The molecule has 0 unspecified atom stereocenters. The Morgan fingerprint density at radius 1 is 1.00 bits per heavy atom. The Labute approximate surface area is 179 Å². The summed E-state index contributed by atoms with van der Waals surface area (Å²) in [7, 11) is 0. The van der Waals surface area contributed by atoms with Crippen molar-refractivity contribution in [2.45, 2.75) is 33.9 Å². The van der Waals surface area contributed by atoms with Crippen molar-refractivity contribution in [2.75, 3.05) is 5.32 Å². The monoisotopic (exact) mass is 417 g/mol. The molecule has 0 aliphatic heterocycles. The number of benzene rings is 1. The number of carbonyl (C=O) groups excluding carboxylic acids is 1. The summed E-state index contributed by atoms with van der Waals surface area (Å²) in [4.78, 5) is 28.0. The van der Waals surface area contributed by atoms with Crippen LogP contribution in [0, 0.1) is 20.8 Å². The molecule has 3 heterocycles. The average molecular weight is 418 g/mol. The van der Waals surface area contributed by atoms with Gasteiger partial charge in [-0.25, -0.2) is 9.97 Å². The number of rotatable bonds is 6. The molecule has 2 N–H and O–H groups in total. The van der Waals surface area contributed by atoms with Crippen LogP contribution in [-0.4, -0.2) is 20.9 Å². The van der Waals surface area contributed by atoms with Crippen molar-refractivity contribution < 1.29 is 4.79 Å². The summed E-state index contributed by atoms with van der Waals surface area (Å²) < 4.78 is 0. The SMILES string of the molecule is Cc1nc(NCc2ccc(C(=O)NCc3ccccn3)cc2)c2c(C)c(C)sc2n1. The van der Waals surface area contributed by atoms with Crippen molar-refractivity contribution in [2.24, 2.45) is 0 Å². The maximum absolute atomic E-state index is 12.4. The van der Waals surface area contributed by atoms with Gasteiger partial charge in [0.15, 0.2) is 0 Å². The van der Waals surface area contributed by atoms with E-state index in [2.05, 4.69) is 39.4 Å². The van der Waals surface area contributed by atoms with E-state index in [0.29, 0.717) is 18.7 Å². The number of carbonyl (C=O) groups is 1. The second-order valence-corrected chi connectivity index (χ2v) is 8.34. The van der Waals surface area contributed by atoms with Crippen LogP contribution in [0.15, 0.2) is 48.7 Å². The normalized spacial score (nSPS) is 10.9. The van der Waals surface area contributed by atoms with Crippen LogP contribution in [0.2, 0.25) is 0 Å². The number of amides is 1. The van der Waals surface area contributed by atoms with Gasteiger partial charge in [0.25, 0.3) is 5.91 Å².